The molecule has 3 amide bonds. The predicted octanol–water partition coefficient (Wildman–Crippen LogP) is 6.81. The molecule has 1 aliphatic heterocycles. The zero-order chi connectivity index (χ0) is 40.6. The average Bonchev–Trinajstić information content (AvgIpc) is 3.90. The number of halogens is 2. The van der Waals surface area contributed by atoms with E-state index >= 15 is 0 Å². The SMILES string of the molecule is CC(C)c1nc(CN(C)C(=O)NC(CCN2CCCC(F)(F)C2)C(=O)NC(CCC(Cc2ccccc2)NCC(=O)OCc2cncs2)Cc2ccccc2)cs1. The van der Waals surface area contributed by atoms with Crippen molar-refractivity contribution in [2.75, 3.05) is 33.2 Å². The number of esters is 1. The first-order valence-electron chi connectivity index (χ1n) is 19.6. The van der Waals surface area contributed by atoms with E-state index in [4.69, 9.17) is 4.74 Å². The summed E-state index contributed by atoms with van der Waals surface area (Å²) >= 11 is 2.97. The Labute approximate surface area is 342 Å². The third-order valence-electron chi connectivity index (χ3n) is 9.88. The van der Waals surface area contributed by atoms with Crippen LogP contribution in [0.15, 0.2) is 77.8 Å². The van der Waals surface area contributed by atoms with Crippen molar-refractivity contribution in [2.45, 2.75) is 102 Å². The molecule has 2 aromatic heterocycles. The van der Waals surface area contributed by atoms with E-state index in [1.54, 1.807) is 35.0 Å². The van der Waals surface area contributed by atoms with Crippen molar-refractivity contribution < 1.29 is 27.9 Å². The van der Waals surface area contributed by atoms with Crippen molar-refractivity contribution >= 4 is 40.6 Å². The highest BCUT2D eigenvalue weighted by molar-refractivity contribution is 7.09. The molecule has 5 rings (SSSR count). The fourth-order valence-corrected chi connectivity index (χ4v) is 8.13. The van der Waals surface area contributed by atoms with Gasteiger partial charge in [0.1, 0.15) is 12.6 Å². The molecule has 15 heteroatoms. The second-order valence-corrected chi connectivity index (χ2v) is 16.9. The number of carbonyl (C=O) groups excluding carboxylic acids is 3. The Morgan fingerprint density at radius 3 is 2.26 bits per heavy atom. The number of ether oxygens (including phenoxy) is 1. The Morgan fingerprint density at radius 1 is 0.947 bits per heavy atom. The monoisotopic (exact) mass is 823 g/mol. The van der Waals surface area contributed by atoms with E-state index in [0.29, 0.717) is 38.6 Å². The predicted molar refractivity (Wildman–Crippen MR) is 220 cm³/mol. The molecule has 0 saturated carbocycles. The number of rotatable bonds is 21. The molecule has 0 aliphatic carbocycles. The highest BCUT2D eigenvalue weighted by atomic mass is 32.1. The van der Waals surface area contributed by atoms with E-state index in [0.717, 1.165) is 26.7 Å². The van der Waals surface area contributed by atoms with Crippen LogP contribution in [-0.4, -0.2) is 95.0 Å². The van der Waals surface area contributed by atoms with E-state index in [1.165, 1.54) is 16.2 Å². The summed E-state index contributed by atoms with van der Waals surface area (Å²) in [4.78, 5) is 53.3. The summed E-state index contributed by atoms with van der Waals surface area (Å²) in [7, 11) is 1.65. The van der Waals surface area contributed by atoms with Gasteiger partial charge < -0.3 is 25.6 Å². The minimum absolute atomic E-state index is 0.0167. The van der Waals surface area contributed by atoms with Crippen molar-refractivity contribution in [3.63, 3.8) is 0 Å². The first-order chi connectivity index (χ1) is 27.4. The van der Waals surface area contributed by atoms with Crippen LogP contribution in [0, 0.1) is 0 Å². The number of amides is 3. The Balaban J connectivity index is 1.28. The lowest BCUT2D eigenvalue weighted by Crippen LogP contribution is -2.54. The molecule has 3 heterocycles. The maximum Gasteiger partial charge on any atom is 0.320 e. The molecule has 0 spiro atoms. The van der Waals surface area contributed by atoms with E-state index < -0.39 is 18.0 Å². The van der Waals surface area contributed by atoms with Gasteiger partial charge >= 0.3 is 12.0 Å². The molecular weight excluding hydrogens is 769 g/mol. The van der Waals surface area contributed by atoms with Gasteiger partial charge in [-0.05, 0) is 56.2 Å². The van der Waals surface area contributed by atoms with Gasteiger partial charge in [0, 0.05) is 49.6 Å². The summed E-state index contributed by atoms with van der Waals surface area (Å²) in [5, 5.41) is 12.4. The Bertz CT molecular complexity index is 1810. The zero-order valence-electron chi connectivity index (χ0n) is 33.0. The van der Waals surface area contributed by atoms with Gasteiger partial charge in [-0.15, -0.1) is 22.7 Å². The second kappa shape index (κ2) is 22.0. The molecule has 0 radical (unpaired) electrons. The Hall–Kier alpha value is -4.31. The normalized spacial score (nSPS) is 15.8. The van der Waals surface area contributed by atoms with Crippen LogP contribution in [0.5, 0.6) is 0 Å². The Kier molecular flexibility index (Phi) is 16.9. The molecule has 308 valence electrons. The van der Waals surface area contributed by atoms with Gasteiger partial charge in [0.05, 0.1) is 40.7 Å². The van der Waals surface area contributed by atoms with Gasteiger partial charge in [-0.2, -0.15) is 0 Å². The molecule has 1 fully saturated rings. The third-order valence-corrected chi connectivity index (χ3v) is 11.8. The Morgan fingerprint density at radius 2 is 1.63 bits per heavy atom. The highest BCUT2D eigenvalue weighted by Gasteiger charge is 2.36. The fraction of sp³-hybridized carbons (Fsp3) is 0.500. The van der Waals surface area contributed by atoms with Gasteiger partial charge in [0.2, 0.25) is 5.91 Å². The molecule has 3 unspecified atom stereocenters. The van der Waals surface area contributed by atoms with Gasteiger partial charge in [-0.25, -0.2) is 18.6 Å². The molecule has 3 atom stereocenters. The van der Waals surface area contributed by atoms with Crippen LogP contribution >= 0.6 is 22.7 Å². The fourth-order valence-electron chi connectivity index (χ4n) is 6.80. The third kappa shape index (κ3) is 15.2. The lowest BCUT2D eigenvalue weighted by Gasteiger charge is -2.33. The van der Waals surface area contributed by atoms with Crippen molar-refractivity contribution in [3.05, 3.63) is 104 Å². The van der Waals surface area contributed by atoms with Gasteiger partial charge in [-0.1, -0.05) is 74.5 Å². The molecular formula is C42H55F2N7O4S2. The van der Waals surface area contributed by atoms with Gasteiger partial charge in [0.15, 0.2) is 0 Å². The van der Waals surface area contributed by atoms with Crippen LogP contribution in [0.2, 0.25) is 0 Å². The number of benzene rings is 2. The summed E-state index contributed by atoms with van der Waals surface area (Å²) in [6.45, 7) is 4.93. The molecule has 2 aromatic carbocycles. The summed E-state index contributed by atoms with van der Waals surface area (Å²) in [5.41, 5.74) is 4.58. The minimum atomic E-state index is -2.79. The number of piperidine rings is 1. The largest absolute Gasteiger partial charge is 0.459 e. The number of urea groups is 1. The number of likely N-dealkylation sites (tertiary alicyclic amines) is 1. The number of hydrogen-bond donors (Lipinski definition) is 3. The average molecular weight is 824 g/mol. The van der Waals surface area contributed by atoms with Gasteiger partial charge in [-0.3, -0.25) is 19.5 Å². The standard InChI is InChI=1S/C42H55F2N7O4S2/c1-30(2)40-48-35(27-56-40)25-50(3)41(54)49-37(17-20-51-19-10-18-42(43,44)28-51)39(53)47-34(22-32-13-8-5-9-14-32)16-15-33(21-31-11-6-4-7-12-31)46-24-38(52)55-26-36-23-45-29-57-36/h4-9,11-14,23,27,29-30,33-34,37,46H,10,15-22,24-26,28H2,1-3H3,(H,47,53)(H,49,54). The van der Waals surface area contributed by atoms with E-state index in [-0.39, 0.29) is 75.5 Å². The summed E-state index contributed by atoms with van der Waals surface area (Å²) in [5.74, 6) is -3.27. The number of alkyl halides is 2. The molecule has 57 heavy (non-hydrogen) atoms. The van der Waals surface area contributed by atoms with Gasteiger partial charge in [0.25, 0.3) is 5.92 Å². The highest BCUT2D eigenvalue weighted by Crippen LogP contribution is 2.27. The van der Waals surface area contributed by atoms with Crippen LogP contribution in [0.1, 0.15) is 78.6 Å². The zero-order valence-corrected chi connectivity index (χ0v) is 34.6. The van der Waals surface area contributed by atoms with Crippen LogP contribution in [0.25, 0.3) is 0 Å². The summed E-state index contributed by atoms with van der Waals surface area (Å²) < 4.78 is 34.1. The number of aromatic nitrogens is 2. The van der Waals surface area contributed by atoms with Crippen molar-refractivity contribution in [1.82, 2.24) is 35.7 Å². The number of thiazole rings is 2. The van der Waals surface area contributed by atoms with E-state index in [2.05, 4.69) is 39.8 Å². The summed E-state index contributed by atoms with van der Waals surface area (Å²) in [6.07, 6.45) is 4.41. The maximum atomic E-state index is 14.3. The molecule has 1 saturated heterocycles. The van der Waals surface area contributed by atoms with Crippen molar-refractivity contribution in [3.8, 4) is 0 Å². The van der Waals surface area contributed by atoms with Crippen molar-refractivity contribution in [2.24, 2.45) is 0 Å². The quantitative estimate of drug-likeness (QED) is 0.0783. The first-order valence-corrected chi connectivity index (χ1v) is 21.4. The van der Waals surface area contributed by atoms with E-state index in [9.17, 15) is 23.2 Å². The molecule has 3 N–H and O–H groups in total. The maximum absolute atomic E-state index is 14.3. The van der Waals surface area contributed by atoms with E-state index in [1.807, 2.05) is 66.0 Å². The molecule has 0 bridgehead atoms. The number of nitrogens with one attached hydrogen (secondary N) is 3. The minimum Gasteiger partial charge on any atom is -0.459 e. The van der Waals surface area contributed by atoms with Crippen molar-refractivity contribution in [1.29, 1.82) is 0 Å². The number of carbonyl (C=O) groups is 3. The van der Waals surface area contributed by atoms with Crippen LogP contribution < -0.4 is 16.0 Å². The lowest BCUT2D eigenvalue weighted by molar-refractivity contribution is -0.143. The van der Waals surface area contributed by atoms with Crippen LogP contribution in [-0.2, 0) is 40.3 Å². The topological polar surface area (TPSA) is 129 Å². The first kappa shape index (κ1) is 43.8. The lowest BCUT2D eigenvalue weighted by atomic mass is 9.95. The van der Waals surface area contributed by atoms with Crippen LogP contribution in [0.3, 0.4) is 0 Å². The van der Waals surface area contributed by atoms with Crippen LogP contribution in [0.4, 0.5) is 13.6 Å². The smallest absolute Gasteiger partial charge is 0.320 e. The molecule has 4 aromatic rings. The second-order valence-electron chi connectivity index (χ2n) is 15.1. The number of hydrogen-bond acceptors (Lipinski definition) is 10. The molecule has 1 aliphatic rings. The number of nitrogens with zero attached hydrogens (tertiary/aromatic N) is 4. The molecule has 11 nitrogen and oxygen atoms in total. The summed E-state index contributed by atoms with van der Waals surface area (Å²) in [6, 6.07) is 18.0.